The molecule has 0 saturated carbocycles. The van der Waals surface area contributed by atoms with Crippen LogP contribution >= 0.6 is 11.6 Å². The number of hydrogen-bond donors (Lipinski definition) is 2. The average molecular weight is 258 g/mol. The van der Waals surface area contributed by atoms with Crippen LogP contribution in [0.4, 0.5) is 0 Å². The van der Waals surface area contributed by atoms with Gasteiger partial charge in [0.25, 0.3) is 5.91 Å². The normalized spacial score (nSPS) is 12.2. The van der Waals surface area contributed by atoms with Gasteiger partial charge in [-0.2, -0.15) is 0 Å². The highest BCUT2D eigenvalue weighted by Crippen LogP contribution is 2.05. The van der Waals surface area contributed by atoms with E-state index in [4.69, 9.17) is 16.7 Å². The first-order chi connectivity index (χ1) is 7.91. The van der Waals surface area contributed by atoms with Gasteiger partial charge in [0.2, 0.25) is 0 Å². The molecule has 1 unspecified atom stereocenters. The minimum absolute atomic E-state index is 0.0290. The first-order valence-electron chi connectivity index (χ1n) is 4.94. The van der Waals surface area contributed by atoms with E-state index in [9.17, 15) is 9.59 Å². The summed E-state index contributed by atoms with van der Waals surface area (Å²) in [5.41, 5.74) is 0.0290. The van der Waals surface area contributed by atoms with Crippen LogP contribution in [0.15, 0.2) is 12.1 Å². The van der Waals surface area contributed by atoms with Crippen molar-refractivity contribution in [2.45, 2.75) is 19.9 Å². The molecule has 0 aliphatic rings. The number of rotatable bonds is 4. The number of aromatic nitrogens is 2. The third-order valence-electron chi connectivity index (χ3n) is 2.08. The fourth-order valence-electron chi connectivity index (χ4n) is 1.17. The van der Waals surface area contributed by atoms with Gasteiger partial charge in [-0.15, -0.1) is 10.2 Å². The van der Waals surface area contributed by atoms with Gasteiger partial charge in [0.05, 0.1) is 0 Å². The molecule has 1 atom stereocenters. The van der Waals surface area contributed by atoms with Crippen molar-refractivity contribution in [3.8, 4) is 0 Å². The Labute approximate surface area is 103 Å². The summed E-state index contributed by atoms with van der Waals surface area (Å²) in [6.45, 7) is 3.40. The molecule has 0 aliphatic carbocycles. The maximum Gasteiger partial charge on any atom is 0.326 e. The smallest absolute Gasteiger partial charge is 0.326 e. The summed E-state index contributed by atoms with van der Waals surface area (Å²) in [4.78, 5) is 22.5. The van der Waals surface area contributed by atoms with E-state index in [0.717, 1.165) is 0 Å². The van der Waals surface area contributed by atoms with Gasteiger partial charge in [0.1, 0.15) is 6.04 Å². The second-order valence-corrected chi connectivity index (χ2v) is 4.16. The van der Waals surface area contributed by atoms with Gasteiger partial charge >= 0.3 is 5.97 Å². The number of carboxylic acid groups (broad SMARTS) is 1. The van der Waals surface area contributed by atoms with Crippen LogP contribution < -0.4 is 5.32 Å². The van der Waals surface area contributed by atoms with E-state index < -0.39 is 17.9 Å². The lowest BCUT2D eigenvalue weighted by Gasteiger charge is -2.17. The third-order valence-corrected chi connectivity index (χ3v) is 2.29. The first kappa shape index (κ1) is 13.4. The molecule has 7 heteroatoms. The van der Waals surface area contributed by atoms with Crippen LogP contribution in [0.1, 0.15) is 24.3 Å². The van der Waals surface area contributed by atoms with E-state index in [1.165, 1.54) is 12.1 Å². The number of amides is 1. The van der Waals surface area contributed by atoms with Crippen LogP contribution in [0.5, 0.6) is 0 Å². The minimum Gasteiger partial charge on any atom is -0.480 e. The van der Waals surface area contributed by atoms with Gasteiger partial charge in [-0.05, 0) is 18.1 Å². The van der Waals surface area contributed by atoms with E-state index in [2.05, 4.69) is 15.5 Å². The molecule has 0 radical (unpaired) electrons. The molecule has 17 heavy (non-hydrogen) atoms. The van der Waals surface area contributed by atoms with E-state index >= 15 is 0 Å². The molecule has 0 aliphatic heterocycles. The van der Waals surface area contributed by atoms with Crippen molar-refractivity contribution >= 4 is 23.5 Å². The van der Waals surface area contributed by atoms with Crippen molar-refractivity contribution in [2.75, 3.05) is 0 Å². The molecule has 0 spiro atoms. The fraction of sp³-hybridized carbons (Fsp3) is 0.400. The van der Waals surface area contributed by atoms with E-state index in [1.54, 1.807) is 13.8 Å². The van der Waals surface area contributed by atoms with Gasteiger partial charge in [-0.3, -0.25) is 4.79 Å². The predicted octanol–water partition coefficient (Wildman–Crippen LogP) is 0.969. The molecule has 1 rings (SSSR count). The summed E-state index contributed by atoms with van der Waals surface area (Å²) in [6.07, 6.45) is 0. The molecule has 0 fully saturated rings. The quantitative estimate of drug-likeness (QED) is 0.838. The summed E-state index contributed by atoms with van der Waals surface area (Å²) in [6, 6.07) is 1.83. The molecule has 0 saturated heterocycles. The van der Waals surface area contributed by atoms with Crippen molar-refractivity contribution in [3.05, 3.63) is 23.0 Å². The van der Waals surface area contributed by atoms with Gasteiger partial charge < -0.3 is 10.4 Å². The summed E-state index contributed by atoms with van der Waals surface area (Å²) in [5, 5.41) is 18.5. The van der Waals surface area contributed by atoms with Crippen molar-refractivity contribution in [3.63, 3.8) is 0 Å². The number of nitrogens with one attached hydrogen (secondary N) is 1. The minimum atomic E-state index is -1.09. The van der Waals surface area contributed by atoms with E-state index in [-0.39, 0.29) is 16.8 Å². The van der Waals surface area contributed by atoms with Gasteiger partial charge in [0.15, 0.2) is 10.8 Å². The summed E-state index contributed by atoms with van der Waals surface area (Å²) in [7, 11) is 0. The molecule has 2 N–H and O–H groups in total. The van der Waals surface area contributed by atoms with Crippen LogP contribution in [-0.4, -0.2) is 33.2 Å². The summed E-state index contributed by atoms with van der Waals surface area (Å²) < 4.78 is 0. The van der Waals surface area contributed by atoms with Crippen LogP contribution in [-0.2, 0) is 4.79 Å². The Kier molecular flexibility index (Phi) is 4.39. The number of aliphatic carboxylic acids is 1. The zero-order chi connectivity index (χ0) is 13.0. The molecule has 1 aromatic heterocycles. The number of halogens is 1. The molecule has 1 heterocycles. The first-order valence-corrected chi connectivity index (χ1v) is 5.32. The van der Waals surface area contributed by atoms with Crippen LogP contribution in [0, 0.1) is 5.92 Å². The number of carboxylic acids is 1. The maximum absolute atomic E-state index is 11.7. The second-order valence-electron chi connectivity index (χ2n) is 3.77. The SMILES string of the molecule is CC(C)C(NC(=O)c1ccc(Cl)nn1)C(=O)O. The number of carbonyl (C=O) groups is 2. The lowest BCUT2D eigenvalue weighted by molar-refractivity contribution is -0.140. The van der Waals surface area contributed by atoms with Crippen LogP contribution in [0.3, 0.4) is 0 Å². The molecule has 1 amide bonds. The predicted molar refractivity (Wildman–Crippen MR) is 60.8 cm³/mol. The highest BCUT2D eigenvalue weighted by molar-refractivity contribution is 6.29. The van der Waals surface area contributed by atoms with Crippen LogP contribution in [0.2, 0.25) is 5.15 Å². The Morgan fingerprint density at radius 1 is 1.35 bits per heavy atom. The molecular formula is C10H12ClN3O3. The maximum atomic E-state index is 11.7. The second kappa shape index (κ2) is 5.58. The van der Waals surface area contributed by atoms with Crippen LogP contribution in [0.25, 0.3) is 0 Å². The monoisotopic (exact) mass is 257 g/mol. The Balaban J connectivity index is 2.77. The highest BCUT2D eigenvalue weighted by Gasteiger charge is 2.24. The standard InChI is InChI=1S/C10H12ClN3O3/c1-5(2)8(10(16)17)12-9(15)6-3-4-7(11)14-13-6/h3-5,8H,1-2H3,(H,12,15)(H,16,17). The number of carbonyl (C=O) groups excluding carboxylic acids is 1. The molecule has 6 nitrogen and oxygen atoms in total. The molecular weight excluding hydrogens is 246 g/mol. The molecule has 92 valence electrons. The number of hydrogen-bond acceptors (Lipinski definition) is 4. The average Bonchev–Trinajstić information content (AvgIpc) is 2.25. The molecule has 0 aromatic carbocycles. The lowest BCUT2D eigenvalue weighted by Crippen LogP contribution is -2.44. The van der Waals surface area contributed by atoms with Crippen molar-refractivity contribution in [1.82, 2.24) is 15.5 Å². The Morgan fingerprint density at radius 2 is 2.00 bits per heavy atom. The van der Waals surface area contributed by atoms with Crippen molar-refractivity contribution < 1.29 is 14.7 Å². The Morgan fingerprint density at radius 3 is 2.41 bits per heavy atom. The van der Waals surface area contributed by atoms with E-state index in [1.807, 2.05) is 0 Å². The van der Waals surface area contributed by atoms with Crippen molar-refractivity contribution in [1.29, 1.82) is 0 Å². The zero-order valence-corrected chi connectivity index (χ0v) is 10.1. The molecule has 0 bridgehead atoms. The molecule has 1 aromatic rings. The number of nitrogens with zero attached hydrogens (tertiary/aromatic N) is 2. The zero-order valence-electron chi connectivity index (χ0n) is 9.35. The lowest BCUT2D eigenvalue weighted by atomic mass is 10.0. The highest BCUT2D eigenvalue weighted by atomic mass is 35.5. The Bertz CT molecular complexity index is 419. The fourth-order valence-corrected chi connectivity index (χ4v) is 1.27. The topological polar surface area (TPSA) is 92.2 Å². The summed E-state index contributed by atoms with van der Waals surface area (Å²) in [5.74, 6) is -1.90. The van der Waals surface area contributed by atoms with Crippen molar-refractivity contribution in [2.24, 2.45) is 5.92 Å². The summed E-state index contributed by atoms with van der Waals surface area (Å²) >= 11 is 5.52. The van der Waals surface area contributed by atoms with Gasteiger partial charge in [-0.25, -0.2) is 4.79 Å². The van der Waals surface area contributed by atoms with Gasteiger partial charge in [0, 0.05) is 0 Å². The largest absolute Gasteiger partial charge is 0.480 e. The van der Waals surface area contributed by atoms with Gasteiger partial charge in [-0.1, -0.05) is 25.4 Å². The Hall–Kier alpha value is -1.69. The van der Waals surface area contributed by atoms with E-state index in [0.29, 0.717) is 0 Å². The third kappa shape index (κ3) is 3.67.